The lowest BCUT2D eigenvalue weighted by Gasteiger charge is -2.09. The number of carbonyl (C=O) groups is 1. The topological polar surface area (TPSA) is 59.0 Å². The first-order chi connectivity index (χ1) is 13.1. The van der Waals surface area contributed by atoms with Gasteiger partial charge in [-0.3, -0.25) is 14.7 Å². The van der Waals surface area contributed by atoms with Crippen molar-refractivity contribution < 1.29 is 4.79 Å². The first-order valence-corrected chi connectivity index (χ1v) is 8.98. The van der Waals surface area contributed by atoms with Crippen molar-refractivity contribution in [3.8, 4) is 16.9 Å². The highest BCUT2D eigenvalue weighted by atomic mass is 35.5. The Labute approximate surface area is 163 Å². The smallest absolute Gasteiger partial charge is 0.240 e. The molecule has 1 amide bonds. The summed E-state index contributed by atoms with van der Waals surface area (Å²) < 4.78 is 1.88. The third-order valence-electron chi connectivity index (χ3n) is 3.95. The molecule has 6 heteroatoms. The minimum atomic E-state index is -0.168. The van der Waals surface area contributed by atoms with Gasteiger partial charge in [-0.05, 0) is 36.8 Å². The predicted molar refractivity (Wildman–Crippen MR) is 110 cm³/mol. The normalized spacial score (nSPS) is 10.6. The van der Waals surface area contributed by atoms with Crippen molar-refractivity contribution in [3.63, 3.8) is 0 Å². The molecule has 0 aliphatic carbocycles. The summed E-state index contributed by atoms with van der Waals surface area (Å²) in [6.45, 7) is 6.40. The molecule has 0 atom stereocenters. The van der Waals surface area contributed by atoms with Crippen LogP contribution in [0.3, 0.4) is 0 Å². The van der Waals surface area contributed by atoms with E-state index in [9.17, 15) is 4.79 Å². The molecule has 3 aromatic rings. The molecule has 27 heavy (non-hydrogen) atoms. The van der Waals surface area contributed by atoms with Crippen molar-refractivity contribution in [2.24, 2.45) is 0 Å². The summed E-state index contributed by atoms with van der Waals surface area (Å²) in [6.07, 6.45) is 3.62. The van der Waals surface area contributed by atoms with E-state index in [4.69, 9.17) is 11.6 Å². The highest BCUT2D eigenvalue weighted by Gasteiger charge is 2.14. The van der Waals surface area contributed by atoms with Crippen molar-refractivity contribution in [2.45, 2.75) is 6.92 Å². The van der Waals surface area contributed by atoms with Crippen LogP contribution in [0.5, 0.6) is 0 Å². The number of nitrogens with zero attached hydrogens (tertiary/aromatic N) is 2. The van der Waals surface area contributed by atoms with Crippen molar-refractivity contribution in [2.75, 3.05) is 18.4 Å². The van der Waals surface area contributed by atoms with Crippen molar-refractivity contribution in [3.05, 3.63) is 78.0 Å². The van der Waals surface area contributed by atoms with Gasteiger partial charge in [-0.25, -0.2) is 4.98 Å². The van der Waals surface area contributed by atoms with Crippen LogP contribution >= 0.6 is 11.6 Å². The van der Waals surface area contributed by atoms with Gasteiger partial charge in [0.25, 0.3) is 0 Å². The maximum Gasteiger partial charge on any atom is 0.240 e. The fourth-order valence-electron chi connectivity index (χ4n) is 2.66. The second-order valence-corrected chi connectivity index (χ2v) is 6.57. The minimum Gasteiger partial charge on any atom is -0.305 e. The zero-order valence-corrected chi connectivity index (χ0v) is 15.8. The van der Waals surface area contributed by atoms with Gasteiger partial charge in [-0.2, -0.15) is 0 Å². The lowest BCUT2D eigenvalue weighted by Crippen LogP contribution is -2.29. The number of imidazole rings is 1. The molecule has 0 unspecified atom stereocenters. The van der Waals surface area contributed by atoms with Gasteiger partial charge in [0.15, 0.2) is 0 Å². The number of nitrogens with one attached hydrogen (secondary N) is 2. The van der Waals surface area contributed by atoms with Gasteiger partial charge in [0.1, 0.15) is 0 Å². The number of benzene rings is 2. The van der Waals surface area contributed by atoms with Crippen LogP contribution < -0.4 is 10.6 Å². The summed E-state index contributed by atoms with van der Waals surface area (Å²) in [5.74, 6) is 0.301. The first kappa shape index (κ1) is 18.9. The van der Waals surface area contributed by atoms with Crippen LogP contribution in [0.2, 0.25) is 5.02 Å². The van der Waals surface area contributed by atoms with Gasteiger partial charge in [0.05, 0.1) is 12.2 Å². The van der Waals surface area contributed by atoms with E-state index in [2.05, 4.69) is 22.2 Å². The second-order valence-electron chi connectivity index (χ2n) is 6.13. The van der Waals surface area contributed by atoms with Crippen LogP contribution in [-0.2, 0) is 4.79 Å². The highest BCUT2D eigenvalue weighted by Crippen LogP contribution is 2.25. The number of hydrogen-bond donors (Lipinski definition) is 2. The number of aryl methyl sites for hydroxylation is 1. The number of amides is 1. The SMILES string of the molecule is C=CCNCC(=O)Nc1nc(-c2ccc(Cl)cc2)cn1-c1cccc(C)c1. The summed E-state index contributed by atoms with van der Waals surface area (Å²) >= 11 is 5.98. The molecule has 138 valence electrons. The Balaban J connectivity index is 1.95. The highest BCUT2D eigenvalue weighted by molar-refractivity contribution is 6.30. The van der Waals surface area contributed by atoms with Gasteiger partial charge in [0, 0.05) is 29.0 Å². The fourth-order valence-corrected chi connectivity index (χ4v) is 2.79. The van der Waals surface area contributed by atoms with Gasteiger partial charge in [-0.15, -0.1) is 6.58 Å². The maximum absolute atomic E-state index is 12.2. The van der Waals surface area contributed by atoms with E-state index < -0.39 is 0 Å². The largest absolute Gasteiger partial charge is 0.305 e. The molecule has 2 aromatic carbocycles. The van der Waals surface area contributed by atoms with Crippen LogP contribution in [0, 0.1) is 6.92 Å². The zero-order chi connectivity index (χ0) is 19.2. The third kappa shape index (κ3) is 4.84. The Morgan fingerprint density at radius 2 is 2.04 bits per heavy atom. The Morgan fingerprint density at radius 1 is 1.26 bits per heavy atom. The van der Waals surface area contributed by atoms with Crippen LogP contribution in [-0.4, -0.2) is 28.5 Å². The molecule has 5 nitrogen and oxygen atoms in total. The van der Waals surface area contributed by atoms with Crippen LogP contribution in [0.15, 0.2) is 67.4 Å². The lowest BCUT2D eigenvalue weighted by atomic mass is 10.2. The fraction of sp³-hybridized carbons (Fsp3) is 0.143. The van der Waals surface area contributed by atoms with Crippen LogP contribution in [0.4, 0.5) is 5.95 Å². The number of halogens is 1. The zero-order valence-electron chi connectivity index (χ0n) is 15.1. The quantitative estimate of drug-likeness (QED) is 0.476. The molecule has 0 fully saturated rings. The molecule has 0 saturated heterocycles. The van der Waals surface area contributed by atoms with Crippen LogP contribution in [0.1, 0.15) is 5.56 Å². The van der Waals surface area contributed by atoms with E-state index in [-0.39, 0.29) is 12.5 Å². The number of anilines is 1. The Bertz CT molecular complexity index is 947. The molecule has 3 rings (SSSR count). The number of rotatable bonds is 7. The van der Waals surface area contributed by atoms with Gasteiger partial charge < -0.3 is 5.32 Å². The van der Waals surface area contributed by atoms with E-state index in [1.165, 1.54) is 0 Å². The van der Waals surface area contributed by atoms with E-state index >= 15 is 0 Å². The van der Waals surface area contributed by atoms with E-state index in [0.29, 0.717) is 17.5 Å². The molecule has 1 heterocycles. The van der Waals surface area contributed by atoms with E-state index in [0.717, 1.165) is 22.5 Å². The summed E-state index contributed by atoms with van der Waals surface area (Å²) in [7, 11) is 0. The number of aromatic nitrogens is 2. The molecule has 0 radical (unpaired) electrons. The van der Waals surface area contributed by atoms with E-state index in [1.54, 1.807) is 6.08 Å². The number of carbonyl (C=O) groups excluding carboxylic acids is 1. The minimum absolute atomic E-state index is 0.168. The van der Waals surface area contributed by atoms with Gasteiger partial charge in [-0.1, -0.05) is 41.9 Å². The molecular formula is C21H21ClN4O. The summed E-state index contributed by atoms with van der Waals surface area (Å²) in [5, 5.41) is 6.53. The van der Waals surface area contributed by atoms with E-state index in [1.807, 2.05) is 66.2 Å². The Hall–Kier alpha value is -2.89. The summed E-state index contributed by atoms with van der Waals surface area (Å²) in [5.41, 5.74) is 3.73. The molecule has 0 bridgehead atoms. The molecule has 0 aliphatic heterocycles. The summed E-state index contributed by atoms with van der Waals surface area (Å²) in [6, 6.07) is 15.5. The van der Waals surface area contributed by atoms with Crippen molar-refractivity contribution in [1.29, 1.82) is 0 Å². The average molecular weight is 381 g/mol. The Morgan fingerprint density at radius 3 is 2.74 bits per heavy atom. The van der Waals surface area contributed by atoms with Gasteiger partial charge >= 0.3 is 0 Å². The molecular weight excluding hydrogens is 360 g/mol. The second kappa shape index (κ2) is 8.66. The van der Waals surface area contributed by atoms with Crippen LogP contribution in [0.25, 0.3) is 16.9 Å². The summed E-state index contributed by atoms with van der Waals surface area (Å²) in [4.78, 5) is 16.9. The average Bonchev–Trinajstić information content (AvgIpc) is 3.06. The lowest BCUT2D eigenvalue weighted by molar-refractivity contribution is -0.115. The predicted octanol–water partition coefficient (Wildman–Crippen LogP) is 4.22. The van der Waals surface area contributed by atoms with Gasteiger partial charge in [0.2, 0.25) is 11.9 Å². The molecule has 1 aromatic heterocycles. The van der Waals surface area contributed by atoms with Crippen molar-refractivity contribution in [1.82, 2.24) is 14.9 Å². The number of hydrogen-bond acceptors (Lipinski definition) is 3. The maximum atomic E-state index is 12.2. The third-order valence-corrected chi connectivity index (χ3v) is 4.20. The first-order valence-electron chi connectivity index (χ1n) is 8.60. The molecule has 0 spiro atoms. The molecule has 0 aliphatic rings. The monoisotopic (exact) mass is 380 g/mol. The standard InChI is InChI=1S/C21H21ClN4O/c1-3-11-23-13-20(27)25-21-24-19(16-7-9-17(22)10-8-16)14-26(21)18-6-4-5-15(2)12-18/h3-10,12,14,23H,1,11,13H2,2H3,(H,24,25,27). The molecule has 0 saturated carbocycles. The molecule has 2 N–H and O–H groups in total. The Kier molecular flexibility index (Phi) is 6.06. The van der Waals surface area contributed by atoms with Crippen molar-refractivity contribution >= 4 is 23.5 Å².